The summed E-state index contributed by atoms with van der Waals surface area (Å²) < 4.78 is 0. The SMILES string of the molecule is O=C(c1ccccc1)c1ccc2c(c1)c1cccc3c4c5ccccc5c5cccc(c54)c2c13. The molecule has 0 heterocycles. The zero-order chi connectivity index (χ0) is 22.4. The summed E-state index contributed by atoms with van der Waals surface area (Å²) in [4.78, 5) is 13.2. The van der Waals surface area contributed by atoms with E-state index in [1.807, 2.05) is 36.4 Å². The van der Waals surface area contributed by atoms with Crippen LogP contribution in [-0.4, -0.2) is 5.78 Å². The van der Waals surface area contributed by atoms with Crippen LogP contribution in [0.1, 0.15) is 15.9 Å². The van der Waals surface area contributed by atoms with E-state index in [1.165, 1.54) is 59.2 Å². The number of benzene rings is 6. The molecule has 156 valence electrons. The molecule has 8 rings (SSSR count). The molecule has 0 unspecified atom stereocenters. The van der Waals surface area contributed by atoms with Crippen molar-refractivity contribution >= 4 is 70.4 Å². The Morgan fingerprint density at radius 2 is 0.824 bits per heavy atom. The number of ketones is 1. The average molecular weight is 431 g/mol. The second-order valence-corrected chi connectivity index (χ2v) is 9.21. The predicted octanol–water partition coefficient (Wildman–Crippen LogP) is 8.71. The van der Waals surface area contributed by atoms with Gasteiger partial charge in [-0.1, -0.05) is 103 Å². The Balaban J connectivity index is 1.57. The van der Waals surface area contributed by atoms with E-state index in [0.29, 0.717) is 0 Å². The first-order valence-electron chi connectivity index (χ1n) is 11.7. The van der Waals surface area contributed by atoms with Crippen molar-refractivity contribution in [1.82, 2.24) is 0 Å². The van der Waals surface area contributed by atoms with Gasteiger partial charge >= 0.3 is 0 Å². The Kier molecular flexibility index (Phi) is 3.34. The Labute approximate surface area is 195 Å². The second kappa shape index (κ2) is 6.30. The zero-order valence-corrected chi connectivity index (χ0v) is 18.3. The maximum absolute atomic E-state index is 13.2. The van der Waals surface area contributed by atoms with Crippen LogP contribution in [0, 0.1) is 0 Å². The summed E-state index contributed by atoms with van der Waals surface area (Å²) in [6, 6.07) is 37.8. The lowest BCUT2D eigenvalue weighted by Crippen LogP contribution is -2.00. The Morgan fingerprint density at radius 3 is 1.47 bits per heavy atom. The Bertz CT molecular complexity index is 2060. The first kappa shape index (κ1) is 18.0. The van der Waals surface area contributed by atoms with Crippen molar-refractivity contribution in [2.75, 3.05) is 0 Å². The summed E-state index contributed by atoms with van der Waals surface area (Å²) in [6.45, 7) is 0. The van der Waals surface area contributed by atoms with Crippen LogP contribution in [0.25, 0.3) is 64.6 Å². The van der Waals surface area contributed by atoms with Gasteiger partial charge in [-0.2, -0.15) is 0 Å². The Morgan fingerprint density at radius 1 is 0.353 bits per heavy atom. The first-order valence-corrected chi connectivity index (χ1v) is 11.7. The molecule has 0 amide bonds. The van der Waals surface area contributed by atoms with E-state index in [2.05, 4.69) is 72.8 Å². The molecule has 34 heavy (non-hydrogen) atoms. The highest BCUT2D eigenvalue weighted by molar-refractivity contribution is 6.47. The third kappa shape index (κ3) is 2.12. The molecule has 0 N–H and O–H groups in total. The van der Waals surface area contributed by atoms with Gasteiger partial charge in [-0.3, -0.25) is 4.79 Å². The summed E-state index contributed by atoms with van der Waals surface area (Å²) in [5.41, 5.74) is 1.46. The number of carbonyl (C=O) groups is 1. The van der Waals surface area contributed by atoms with Crippen molar-refractivity contribution in [3.05, 3.63) is 120 Å². The molecular formula is C33H18O. The van der Waals surface area contributed by atoms with E-state index in [9.17, 15) is 4.79 Å². The topological polar surface area (TPSA) is 17.1 Å². The van der Waals surface area contributed by atoms with E-state index in [1.54, 1.807) is 0 Å². The van der Waals surface area contributed by atoms with Crippen molar-refractivity contribution in [3.8, 4) is 0 Å². The van der Waals surface area contributed by atoms with Crippen molar-refractivity contribution < 1.29 is 4.79 Å². The number of carbonyl (C=O) groups excluding carboxylic acids is 1. The maximum atomic E-state index is 13.2. The molecule has 0 aliphatic heterocycles. The Hall–Kier alpha value is -4.49. The quantitative estimate of drug-likeness (QED) is 0.198. The highest BCUT2D eigenvalue weighted by Crippen LogP contribution is 2.49. The van der Waals surface area contributed by atoms with Crippen molar-refractivity contribution in [3.63, 3.8) is 0 Å². The van der Waals surface area contributed by atoms with Gasteiger partial charge < -0.3 is 0 Å². The summed E-state index contributed by atoms with van der Waals surface area (Å²) in [7, 11) is 0. The van der Waals surface area contributed by atoms with Crippen LogP contribution in [0.4, 0.5) is 0 Å². The molecule has 0 bridgehead atoms. The van der Waals surface area contributed by atoms with Crippen molar-refractivity contribution in [2.45, 2.75) is 0 Å². The largest absolute Gasteiger partial charge is 0.289 e. The van der Waals surface area contributed by atoms with Gasteiger partial charge in [0.05, 0.1) is 0 Å². The minimum atomic E-state index is 0.0643. The molecule has 1 heteroatoms. The van der Waals surface area contributed by atoms with Gasteiger partial charge in [0, 0.05) is 11.1 Å². The van der Waals surface area contributed by atoms with Gasteiger partial charge in [-0.25, -0.2) is 0 Å². The zero-order valence-electron chi connectivity index (χ0n) is 18.3. The third-order valence-corrected chi connectivity index (χ3v) is 7.53. The van der Waals surface area contributed by atoms with Crippen molar-refractivity contribution in [2.24, 2.45) is 0 Å². The standard InChI is InChI=1S/C33H18O/c34-33(19-8-2-1-3-9-19)20-16-17-25-28(18-20)24-13-7-15-26-29-22-11-5-4-10-21(22)23-12-6-14-27(30(23)29)32(25)31(24)26/h1-18H. The minimum absolute atomic E-state index is 0.0643. The number of fused-ring (bicyclic) bond motifs is 8. The normalized spacial score (nSPS) is 12.2. The summed E-state index contributed by atoms with van der Waals surface area (Å²) >= 11 is 0. The lowest BCUT2D eigenvalue weighted by molar-refractivity contribution is 0.103. The fourth-order valence-corrected chi connectivity index (χ4v) is 6.16. The van der Waals surface area contributed by atoms with Gasteiger partial charge in [0.1, 0.15) is 0 Å². The molecule has 8 aromatic carbocycles. The molecule has 0 radical (unpaired) electrons. The van der Waals surface area contributed by atoms with Gasteiger partial charge in [-0.15, -0.1) is 0 Å². The van der Waals surface area contributed by atoms with Gasteiger partial charge in [0.25, 0.3) is 0 Å². The molecule has 0 saturated carbocycles. The minimum Gasteiger partial charge on any atom is -0.289 e. The molecule has 0 aromatic heterocycles. The number of rotatable bonds is 2. The van der Waals surface area contributed by atoms with Crippen LogP contribution in [-0.2, 0) is 0 Å². The fraction of sp³-hybridized carbons (Fsp3) is 0. The lowest BCUT2D eigenvalue weighted by Gasteiger charge is -2.07. The molecule has 0 atom stereocenters. The number of hydrogen-bond acceptors (Lipinski definition) is 1. The highest BCUT2D eigenvalue weighted by atomic mass is 16.1. The summed E-state index contributed by atoms with van der Waals surface area (Å²) in [6.07, 6.45) is 0. The maximum Gasteiger partial charge on any atom is 0.193 e. The van der Waals surface area contributed by atoms with Gasteiger partial charge in [-0.05, 0) is 70.7 Å². The van der Waals surface area contributed by atoms with Crippen LogP contribution in [0.15, 0.2) is 109 Å². The molecule has 0 aliphatic rings. The highest BCUT2D eigenvalue weighted by Gasteiger charge is 2.22. The molecule has 0 fully saturated rings. The van der Waals surface area contributed by atoms with E-state index in [-0.39, 0.29) is 5.78 Å². The molecule has 0 aliphatic carbocycles. The smallest absolute Gasteiger partial charge is 0.193 e. The van der Waals surface area contributed by atoms with Gasteiger partial charge in [0.15, 0.2) is 5.78 Å². The van der Waals surface area contributed by atoms with Crippen LogP contribution in [0.2, 0.25) is 0 Å². The fourth-order valence-electron chi connectivity index (χ4n) is 6.16. The van der Waals surface area contributed by atoms with Gasteiger partial charge in [0.2, 0.25) is 0 Å². The van der Waals surface area contributed by atoms with Crippen molar-refractivity contribution in [1.29, 1.82) is 0 Å². The molecule has 1 nitrogen and oxygen atoms in total. The summed E-state index contributed by atoms with van der Waals surface area (Å²) in [5, 5.41) is 15.4. The summed E-state index contributed by atoms with van der Waals surface area (Å²) in [5.74, 6) is 0.0643. The van der Waals surface area contributed by atoms with Crippen LogP contribution < -0.4 is 0 Å². The van der Waals surface area contributed by atoms with E-state index >= 15 is 0 Å². The van der Waals surface area contributed by atoms with Crippen LogP contribution in [0.3, 0.4) is 0 Å². The predicted molar refractivity (Wildman–Crippen MR) is 144 cm³/mol. The first-order chi connectivity index (χ1) is 16.8. The van der Waals surface area contributed by atoms with Crippen LogP contribution >= 0.6 is 0 Å². The molecule has 0 spiro atoms. The van der Waals surface area contributed by atoms with E-state index in [0.717, 1.165) is 16.5 Å². The number of hydrogen-bond donors (Lipinski definition) is 0. The van der Waals surface area contributed by atoms with Crippen LogP contribution in [0.5, 0.6) is 0 Å². The van der Waals surface area contributed by atoms with E-state index in [4.69, 9.17) is 0 Å². The third-order valence-electron chi connectivity index (χ3n) is 7.53. The molecular weight excluding hydrogens is 412 g/mol. The monoisotopic (exact) mass is 430 g/mol. The average Bonchev–Trinajstić information content (AvgIpc) is 3.42. The van der Waals surface area contributed by atoms with E-state index < -0.39 is 0 Å². The molecule has 0 saturated heterocycles. The molecule has 8 aromatic rings. The second-order valence-electron chi connectivity index (χ2n) is 9.21. The lowest BCUT2D eigenvalue weighted by atomic mass is 9.95.